The summed E-state index contributed by atoms with van der Waals surface area (Å²) in [5, 5.41) is 10.6. The van der Waals surface area contributed by atoms with Crippen LogP contribution < -0.4 is 0 Å². The van der Waals surface area contributed by atoms with E-state index in [1.807, 2.05) is 0 Å². The Bertz CT molecular complexity index is 1800. The van der Waals surface area contributed by atoms with Gasteiger partial charge in [0.15, 0.2) is 12.2 Å². The summed E-state index contributed by atoms with van der Waals surface area (Å²) in [4.78, 5) is 72.7. The van der Waals surface area contributed by atoms with Crippen molar-refractivity contribution in [2.45, 2.75) is 388 Å². The molecule has 0 heterocycles. The predicted molar refractivity (Wildman–Crippen MR) is 372 cm³/mol. The summed E-state index contributed by atoms with van der Waals surface area (Å²) in [5.41, 5.74) is 0. The molecular formula is C73H142O17P2. The number of carbonyl (C=O) groups excluding carboxylic acids is 4. The maximum atomic E-state index is 13.1. The van der Waals surface area contributed by atoms with Crippen molar-refractivity contribution in [2.24, 2.45) is 17.8 Å². The summed E-state index contributed by atoms with van der Waals surface area (Å²) < 4.78 is 68.4. The average molecular weight is 1350 g/mol. The lowest BCUT2D eigenvalue weighted by atomic mass is 10.0. The largest absolute Gasteiger partial charge is 0.472 e. The molecule has 0 aliphatic rings. The minimum absolute atomic E-state index is 0.106. The first-order valence-corrected chi connectivity index (χ1v) is 40.8. The third-order valence-electron chi connectivity index (χ3n) is 16.9. The number of unbranched alkanes of at least 4 members (excludes halogenated alkanes) is 39. The zero-order chi connectivity index (χ0) is 68.0. The van der Waals surface area contributed by atoms with Gasteiger partial charge in [0.05, 0.1) is 26.4 Å². The molecule has 0 aromatic rings. The molecule has 2 unspecified atom stereocenters. The quantitative estimate of drug-likeness (QED) is 0.0222. The summed E-state index contributed by atoms with van der Waals surface area (Å²) in [7, 11) is -9.91. The van der Waals surface area contributed by atoms with Crippen LogP contribution in [0.5, 0.6) is 0 Å². The summed E-state index contributed by atoms with van der Waals surface area (Å²) in [6.45, 7) is 11.8. The molecule has 19 heteroatoms. The van der Waals surface area contributed by atoms with E-state index in [-0.39, 0.29) is 25.7 Å². The standard InChI is InChI=1S/C73H142O17P2/c1-8-9-10-11-12-13-14-15-19-26-35-42-49-56-72(77)90-69(61-84-71(76)55-48-41-34-29-28-32-39-46-53-66(6)7)63-88-92(81,82)86-59-67(74)58-85-91(79,80)87-62-68(60-83-70(75)54-47-40-33-25-22-21-24-31-38-45-52-65(4)5)89-73(78)57-50-43-36-27-20-17-16-18-23-30-37-44-51-64(2)3/h64-69,74H,8-63H2,1-7H3,(H,79,80)(H,81,82)/t67-,68-,69-/m1/s1. The molecule has 0 rings (SSSR count). The third-order valence-corrected chi connectivity index (χ3v) is 18.8. The zero-order valence-electron chi connectivity index (χ0n) is 60.0. The number of hydrogen-bond donors (Lipinski definition) is 3. The van der Waals surface area contributed by atoms with E-state index in [4.69, 9.17) is 37.0 Å². The highest BCUT2D eigenvalue weighted by atomic mass is 31.2. The molecule has 0 amide bonds. The van der Waals surface area contributed by atoms with Gasteiger partial charge in [-0.3, -0.25) is 37.3 Å². The molecule has 0 aromatic heterocycles. The smallest absolute Gasteiger partial charge is 0.462 e. The van der Waals surface area contributed by atoms with Crippen molar-refractivity contribution in [3.63, 3.8) is 0 Å². The Morgan fingerprint density at radius 3 is 0.739 bits per heavy atom. The first kappa shape index (κ1) is 90.1. The van der Waals surface area contributed by atoms with Crippen LogP contribution in [0.4, 0.5) is 0 Å². The first-order chi connectivity index (χ1) is 44.2. The van der Waals surface area contributed by atoms with Crippen molar-refractivity contribution in [1.29, 1.82) is 0 Å². The van der Waals surface area contributed by atoms with Gasteiger partial charge in [0, 0.05) is 25.7 Å². The van der Waals surface area contributed by atoms with E-state index >= 15 is 0 Å². The lowest BCUT2D eigenvalue weighted by Gasteiger charge is -2.21. The SMILES string of the molecule is CCCCCCCCCCCCCCCC(=O)O[C@H](COC(=O)CCCCCCCCCCC(C)C)COP(=O)(O)OC[C@H](O)COP(=O)(O)OC[C@@H](COC(=O)CCCCCCCCCCCCC(C)C)OC(=O)CCCCCCCCCCCCCCC(C)C. The van der Waals surface area contributed by atoms with Crippen LogP contribution in [0.25, 0.3) is 0 Å². The fraction of sp³-hybridized carbons (Fsp3) is 0.945. The number of rotatable bonds is 71. The lowest BCUT2D eigenvalue weighted by molar-refractivity contribution is -0.161. The van der Waals surface area contributed by atoms with Gasteiger partial charge in [-0.2, -0.15) is 0 Å². The zero-order valence-corrected chi connectivity index (χ0v) is 61.8. The van der Waals surface area contributed by atoms with Gasteiger partial charge in [-0.15, -0.1) is 0 Å². The Labute approximate surface area is 562 Å². The minimum Gasteiger partial charge on any atom is -0.462 e. The molecule has 0 radical (unpaired) electrons. The van der Waals surface area contributed by atoms with Gasteiger partial charge in [0.25, 0.3) is 0 Å². The van der Waals surface area contributed by atoms with Crippen LogP contribution in [0.15, 0.2) is 0 Å². The highest BCUT2D eigenvalue weighted by Gasteiger charge is 2.30. The van der Waals surface area contributed by atoms with E-state index in [0.717, 1.165) is 108 Å². The molecule has 5 atom stereocenters. The van der Waals surface area contributed by atoms with E-state index in [0.29, 0.717) is 25.7 Å². The van der Waals surface area contributed by atoms with E-state index in [9.17, 15) is 43.2 Å². The Kier molecular flexibility index (Phi) is 62.4. The Morgan fingerprint density at radius 2 is 0.500 bits per heavy atom. The van der Waals surface area contributed by atoms with Crippen LogP contribution in [0.2, 0.25) is 0 Å². The maximum Gasteiger partial charge on any atom is 0.472 e. The van der Waals surface area contributed by atoms with Gasteiger partial charge in [0.2, 0.25) is 0 Å². The van der Waals surface area contributed by atoms with Crippen molar-refractivity contribution < 1.29 is 80.2 Å². The van der Waals surface area contributed by atoms with Crippen LogP contribution in [0.1, 0.15) is 370 Å². The third kappa shape index (κ3) is 66.7. The van der Waals surface area contributed by atoms with Gasteiger partial charge < -0.3 is 33.8 Å². The molecule has 0 saturated carbocycles. The highest BCUT2D eigenvalue weighted by Crippen LogP contribution is 2.45. The second-order valence-corrected chi connectivity index (χ2v) is 30.7. The van der Waals surface area contributed by atoms with Crippen LogP contribution in [-0.4, -0.2) is 96.7 Å². The molecule has 17 nitrogen and oxygen atoms in total. The second-order valence-electron chi connectivity index (χ2n) is 27.8. The average Bonchev–Trinajstić information content (AvgIpc) is 1.98. The lowest BCUT2D eigenvalue weighted by Crippen LogP contribution is -2.30. The summed E-state index contributed by atoms with van der Waals surface area (Å²) in [5.74, 6) is 0.141. The molecule has 3 N–H and O–H groups in total. The number of esters is 4. The van der Waals surface area contributed by atoms with Crippen LogP contribution in [0, 0.1) is 17.8 Å². The highest BCUT2D eigenvalue weighted by molar-refractivity contribution is 7.47. The number of aliphatic hydroxyl groups excluding tert-OH is 1. The van der Waals surface area contributed by atoms with Gasteiger partial charge in [-0.05, 0) is 43.4 Å². The topological polar surface area (TPSA) is 237 Å². The van der Waals surface area contributed by atoms with Gasteiger partial charge in [-0.1, -0.05) is 318 Å². The molecule has 0 saturated heterocycles. The maximum absolute atomic E-state index is 13.1. The molecule has 0 bridgehead atoms. The van der Waals surface area contributed by atoms with Crippen molar-refractivity contribution in [3.05, 3.63) is 0 Å². The molecule has 92 heavy (non-hydrogen) atoms. The summed E-state index contributed by atoms with van der Waals surface area (Å²) in [6.07, 6.45) is 48.5. The van der Waals surface area contributed by atoms with Gasteiger partial charge >= 0.3 is 39.5 Å². The fourth-order valence-corrected chi connectivity index (χ4v) is 12.7. The Balaban J connectivity index is 5.27. The van der Waals surface area contributed by atoms with E-state index < -0.39 is 97.5 Å². The number of aliphatic hydroxyl groups is 1. The van der Waals surface area contributed by atoms with Crippen LogP contribution >= 0.6 is 15.6 Å². The minimum atomic E-state index is -4.95. The second kappa shape index (κ2) is 63.8. The predicted octanol–water partition coefficient (Wildman–Crippen LogP) is 21.0. The van der Waals surface area contributed by atoms with Crippen molar-refractivity contribution in [2.75, 3.05) is 39.6 Å². The number of phosphoric acid groups is 2. The molecular weight excluding hydrogens is 1210 g/mol. The van der Waals surface area contributed by atoms with Crippen LogP contribution in [-0.2, 0) is 65.4 Å². The molecule has 0 aliphatic carbocycles. The number of phosphoric ester groups is 2. The number of ether oxygens (including phenoxy) is 4. The molecule has 0 spiro atoms. The summed E-state index contributed by atoms with van der Waals surface area (Å²) in [6, 6.07) is 0. The van der Waals surface area contributed by atoms with E-state index in [1.54, 1.807) is 0 Å². The van der Waals surface area contributed by atoms with Crippen molar-refractivity contribution in [1.82, 2.24) is 0 Å². The normalized spacial score (nSPS) is 14.1. The van der Waals surface area contributed by atoms with Gasteiger partial charge in [-0.25, -0.2) is 9.13 Å². The molecule has 0 aliphatic heterocycles. The Morgan fingerprint density at radius 1 is 0.293 bits per heavy atom. The number of hydrogen-bond acceptors (Lipinski definition) is 15. The molecule has 0 aromatic carbocycles. The monoisotopic (exact) mass is 1350 g/mol. The molecule has 0 fully saturated rings. The van der Waals surface area contributed by atoms with E-state index in [2.05, 4.69) is 48.5 Å². The first-order valence-electron chi connectivity index (χ1n) is 37.8. The fourth-order valence-electron chi connectivity index (χ4n) is 11.1. The Hall–Kier alpha value is -1.94. The van der Waals surface area contributed by atoms with Crippen molar-refractivity contribution >= 4 is 39.5 Å². The number of carbonyl (C=O) groups is 4. The van der Waals surface area contributed by atoms with Crippen LogP contribution in [0.3, 0.4) is 0 Å². The van der Waals surface area contributed by atoms with Crippen molar-refractivity contribution in [3.8, 4) is 0 Å². The van der Waals surface area contributed by atoms with Gasteiger partial charge in [0.1, 0.15) is 19.3 Å². The van der Waals surface area contributed by atoms with E-state index in [1.165, 1.54) is 180 Å². The molecule has 546 valence electrons. The summed E-state index contributed by atoms with van der Waals surface area (Å²) >= 11 is 0.